The smallest absolute Gasteiger partial charge is 0.261 e. The van der Waals surface area contributed by atoms with Gasteiger partial charge in [-0.1, -0.05) is 24.3 Å². The van der Waals surface area contributed by atoms with Gasteiger partial charge in [0.1, 0.15) is 18.1 Å². The Morgan fingerprint density at radius 3 is 2.68 bits per heavy atom. The van der Waals surface area contributed by atoms with Crippen LogP contribution in [-0.2, 0) is 11.3 Å². The Bertz CT molecular complexity index is 1060. The third-order valence-electron chi connectivity index (χ3n) is 5.05. The number of para-hydroxylation sites is 1. The summed E-state index contributed by atoms with van der Waals surface area (Å²) >= 11 is 0. The molecule has 2 aromatic carbocycles. The highest BCUT2D eigenvalue weighted by atomic mass is 16.5. The summed E-state index contributed by atoms with van der Waals surface area (Å²) in [5.74, 6) is 1.15. The molecule has 0 N–H and O–H groups in total. The van der Waals surface area contributed by atoms with Gasteiger partial charge >= 0.3 is 0 Å². The number of carbonyl (C=O) groups excluding carboxylic acids is 1. The second-order valence-electron chi connectivity index (χ2n) is 6.70. The number of fused-ring (bicyclic) bond motifs is 1. The third-order valence-corrected chi connectivity index (χ3v) is 5.05. The van der Waals surface area contributed by atoms with Gasteiger partial charge in [0.25, 0.3) is 5.56 Å². The number of nitrogens with zero attached hydrogens (tertiary/aromatic N) is 3. The van der Waals surface area contributed by atoms with Crippen LogP contribution in [-0.4, -0.2) is 34.0 Å². The van der Waals surface area contributed by atoms with Crippen molar-refractivity contribution >= 4 is 16.8 Å². The van der Waals surface area contributed by atoms with Crippen LogP contribution in [0.1, 0.15) is 31.3 Å². The maximum Gasteiger partial charge on any atom is 0.261 e. The molecule has 0 aliphatic carbocycles. The molecule has 6 heteroatoms. The van der Waals surface area contributed by atoms with Gasteiger partial charge in [-0.3, -0.25) is 14.2 Å². The van der Waals surface area contributed by atoms with Crippen molar-refractivity contribution in [3.8, 4) is 5.75 Å². The molecular formula is C22H25N3O3. The lowest BCUT2D eigenvalue weighted by molar-refractivity contribution is -0.133. The third kappa shape index (κ3) is 3.76. The van der Waals surface area contributed by atoms with E-state index in [1.807, 2.05) is 44.2 Å². The molecule has 1 atom stereocenters. The minimum atomic E-state index is -0.193. The fraction of sp³-hybridized carbons (Fsp3) is 0.318. The molecule has 0 fully saturated rings. The molecule has 0 saturated heterocycles. The van der Waals surface area contributed by atoms with E-state index < -0.39 is 0 Å². The van der Waals surface area contributed by atoms with E-state index in [4.69, 9.17) is 4.74 Å². The van der Waals surface area contributed by atoms with E-state index in [0.717, 1.165) is 11.3 Å². The summed E-state index contributed by atoms with van der Waals surface area (Å²) in [6.45, 7) is 6.16. The van der Waals surface area contributed by atoms with Crippen molar-refractivity contribution in [1.82, 2.24) is 14.5 Å². The zero-order chi connectivity index (χ0) is 20.3. The molecule has 0 aliphatic rings. The largest absolute Gasteiger partial charge is 0.497 e. The van der Waals surface area contributed by atoms with E-state index in [9.17, 15) is 9.59 Å². The van der Waals surface area contributed by atoms with Crippen molar-refractivity contribution in [3.05, 3.63) is 70.3 Å². The zero-order valence-corrected chi connectivity index (χ0v) is 16.7. The van der Waals surface area contributed by atoms with Crippen LogP contribution < -0.4 is 10.3 Å². The maximum atomic E-state index is 13.1. The first-order valence-corrected chi connectivity index (χ1v) is 9.35. The standard InChI is InChI=1S/C22H25N3O3/c1-5-24(15(2)17-9-8-10-18(13-17)28-4)21(26)14-25-16(3)23-20-12-7-6-11-19(20)22(25)27/h6-13,15H,5,14H2,1-4H3. The van der Waals surface area contributed by atoms with Crippen molar-refractivity contribution in [2.24, 2.45) is 0 Å². The summed E-state index contributed by atoms with van der Waals surface area (Å²) in [6.07, 6.45) is 0. The summed E-state index contributed by atoms with van der Waals surface area (Å²) in [5.41, 5.74) is 1.43. The van der Waals surface area contributed by atoms with Gasteiger partial charge in [0.05, 0.1) is 24.1 Å². The van der Waals surface area contributed by atoms with Crippen LogP contribution in [0.3, 0.4) is 0 Å². The van der Waals surface area contributed by atoms with Crippen LogP contribution in [0.2, 0.25) is 0 Å². The second kappa shape index (κ2) is 8.25. The van der Waals surface area contributed by atoms with E-state index in [0.29, 0.717) is 23.3 Å². The molecule has 0 saturated carbocycles. The normalized spacial score (nSPS) is 12.0. The molecule has 0 aliphatic heterocycles. The number of methoxy groups -OCH3 is 1. The minimum Gasteiger partial charge on any atom is -0.497 e. The second-order valence-corrected chi connectivity index (χ2v) is 6.70. The maximum absolute atomic E-state index is 13.1. The van der Waals surface area contributed by atoms with Crippen LogP contribution >= 0.6 is 0 Å². The van der Waals surface area contributed by atoms with Gasteiger partial charge in [-0.2, -0.15) is 0 Å². The number of aromatic nitrogens is 2. The number of benzene rings is 2. The van der Waals surface area contributed by atoms with E-state index in [2.05, 4.69) is 4.98 Å². The summed E-state index contributed by atoms with van der Waals surface area (Å²) in [6, 6.07) is 14.7. The number of aryl methyl sites for hydroxylation is 1. The lowest BCUT2D eigenvalue weighted by Gasteiger charge is -2.29. The van der Waals surface area contributed by atoms with Crippen LogP contribution in [0, 0.1) is 6.92 Å². The molecule has 0 radical (unpaired) electrons. The Kier molecular flexibility index (Phi) is 5.78. The molecular weight excluding hydrogens is 354 g/mol. The number of rotatable bonds is 6. The number of ether oxygens (including phenoxy) is 1. The SMILES string of the molecule is CCN(C(=O)Cn1c(C)nc2ccccc2c1=O)C(C)c1cccc(OC)c1. The summed E-state index contributed by atoms with van der Waals surface area (Å²) in [7, 11) is 1.62. The van der Waals surface area contributed by atoms with Crippen molar-refractivity contribution < 1.29 is 9.53 Å². The quantitative estimate of drug-likeness (QED) is 0.659. The van der Waals surface area contributed by atoms with Gasteiger partial charge in [0.15, 0.2) is 0 Å². The van der Waals surface area contributed by atoms with Gasteiger partial charge in [0, 0.05) is 6.54 Å². The first-order chi connectivity index (χ1) is 13.5. The van der Waals surface area contributed by atoms with Crippen LogP contribution in [0.4, 0.5) is 0 Å². The molecule has 3 rings (SSSR count). The van der Waals surface area contributed by atoms with Crippen molar-refractivity contribution in [2.75, 3.05) is 13.7 Å². The molecule has 1 heterocycles. The Balaban J connectivity index is 1.90. The Labute approximate surface area is 164 Å². The molecule has 6 nitrogen and oxygen atoms in total. The van der Waals surface area contributed by atoms with Crippen molar-refractivity contribution in [1.29, 1.82) is 0 Å². The average Bonchev–Trinajstić information content (AvgIpc) is 2.71. The first kappa shape index (κ1) is 19.6. The highest BCUT2D eigenvalue weighted by Gasteiger charge is 2.22. The van der Waals surface area contributed by atoms with Gasteiger partial charge < -0.3 is 9.64 Å². The van der Waals surface area contributed by atoms with E-state index in [-0.39, 0.29) is 24.1 Å². The molecule has 0 bridgehead atoms. The Hall–Kier alpha value is -3.15. The Morgan fingerprint density at radius 1 is 1.21 bits per heavy atom. The minimum absolute atomic E-state index is 0.0371. The topological polar surface area (TPSA) is 64.4 Å². The molecule has 1 amide bonds. The predicted octanol–water partition coefficient (Wildman–Crippen LogP) is 3.32. The molecule has 1 aromatic heterocycles. The van der Waals surface area contributed by atoms with Crippen molar-refractivity contribution in [2.45, 2.75) is 33.4 Å². The highest BCUT2D eigenvalue weighted by Crippen LogP contribution is 2.24. The van der Waals surface area contributed by atoms with Crippen molar-refractivity contribution in [3.63, 3.8) is 0 Å². The predicted molar refractivity (Wildman–Crippen MR) is 110 cm³/mol. The summed E-state index contributed by atoms with van der Waals surface area (Å²) in [5, 5.41) is 0.518. The fourth-order valence-corrected chi connectivity index (χ4v) is 3.44. The number of amides is 1. The van der Waals surface area contributed by atoms with Gasteiger partial charge in [0.2, 0.25) is 5.91 Å². The monoisotopic (exact) mass is 379 g/mol. The van der Waals surface area contributed by atoms with Crippen LogP contribution in [0.5, 0.6) is 5.75 Å². The summed E-state index contributed by atoms with van der Waals surface area (Å²) < 4.78 is 6.74. The van der Waals surface area contributed by atoms with Crippen LogP contribution in [0.15, 0.2) is 53.3 Å². The molecule has 146 valence electrons. The highest BCUT2D eigenvalue weighted by molar-refractivity contribution is 5.79. The van der Waals surface area contributed by atoms with Gasteiger partial charge in [-0.25, -0.2) is 4.98 Å². The first-order valence-electron chi connectivity index (χ1n) is 9.35. The fourth-order valence-electron chi connectivity index (χ4n) is 3.44. The lowest BCUT2D eigenvalue weighted by atomic mass is 10.1. The average molecular weight is 379 g/mol. The molecule has 28 heavy (non-hydrogen) atoms. The van der Waals surface area contributed by atoms with Gasteiger partial charge in [-0.15, -0.1) is 0 Å². The van der Waals surface area contributed by atoms with E-state index in [1.165, 1.54) is 4.57 Å². The van der Waals surface area contributed by atoms with E-state index >= 15 is 0 Å². The molecule has 3 aromatic rings. The van der Waals surface area contributed by atoms with Gasteiger partial charge in [-0.05, 0) is 50.6 Å². The van der Waals surface area contributed by atoms with Crippen LogP contribution in [0.25, 0.3) is 10.9 Å². The molecule has 1 unspecified atom stereocenters. The number of hydrogen-bond acceptors (Lipinski definition) is 4. The number of carbonyl (C=O) groups is 1. The zero-order valence-electron chi connectivity index (χ0n) is 16.7. The summed E-state index contributed by atoms with van der Waals surface area (Å²) in [4.78, 5) is 32.2. The number of hydrogen-bond donors (Lipinski definition) is 0. The van der Waals surface area contributed by atoms with E-state index in [1.54, 1.807) is 37.1 Å². The molecule has 0 spiro atoms. The number of likely N-dealkylation sites (N-methyl/N-ethyl adjacent to an activating group) is 1. The Morgan fingerprint density at radius 2 is 1.96 bits per heavy atom. The lowest BCUT2D eigenvalue weighted by Crippen LogP contribution is -2.39.